The minimum absolute atomic E-state index is 0.312. The lowest BCUT2D eigenvalue weighted by Gasteiger charge is -2.16. The summed E-state index contributed by atoms with van der Waals surface area (Å²) in [5.74, 6) is 0. The molecule has 0 radical (unpaired) electrons. The van der Waals surface area contributed by atoms with Gasteiger partial charge in [-0.25, -0.2) is 12.7 Å². The number of aryl methyl sites for hydroxylation is 1. The smallest absolute Gasteiger partial charge is 0.246 e. The maximum atomic E-state index is 12.5. The van der Waals surface area contributed by atoms with Crippen LogP contribution in [0.4, 0.5) is 0 Å². The molecule has 0 aliphatic rings. The quantitative estimate of drug-likeness (QED) is 0.706. The van der Waals surface area contributed by atoms with E-state index in [2.05, 4.69) is 22.4 Å². The van der Waals surface area contributed by atoms with E-state index in [0.29, 0.717) is 29.4 Å². The molecule has 0 unspecified atom stereocenters. The van der Waals surface area contributed by atoms with Crippen molar-refractivity contribution in [1.29, 1.82) is 0 Å². The molecule has 0 saturated carbocycles. The first kappa shape index (κ1) is 16.1. The Bertz CT molecular complexity index is 496. The van der Waals surface area contributed by atoms with Crippen molar-refractivity contribution < 1.29 is 8.42 Å². The van der Waals surface area contributed by atoms with Gasteiger partial charge in [0, 0.05) is 20.1 Å². The van der Waals surface area contributed by atoms with E-state index < -0.39 is 10.0 Å². The van der Waals surface area contributed by atoms with E-state index in [1.807, 2.05) is 6.92 Å². The van der Waals surface area contributed by atoms with Gasteiger partial charge in [-0.1, -0.05) is 13.8 Å². The lowest BCUT2D eigenvalue weighted by atomic mass is 10.3. The van der Waals surface area contributed by atoms with Gasteiger partial charge in [-0.3, -0.25) is 5.10 Å². The molecule has 0 bridgehead atoms. The van der Waals surface area contributed by atoms with Crippen molar-refractivity contribution in [2.24, 2.45) is 0 Å². The normalized spacial score (nSPS) is 12.3. The third-order valence-electron chi connectivity index (χ3n) is 2.89. The summed E-state index contributed by atoms with van der Waals surface area (Å²) in [6.45, 7) is 7.58. The van der Waals surface area contributed by atoms with Crippen molar-refractivity contribution in [3.8, 4) is 0 Å². The Morgan fingerprint density at radius 3 is 2.58 bits per heavy atom. The molecule has 0 atom stereocenters. The molecule has 0 aromatic carbocycles. The van der Waals surface area contributed by atoms with Crippen LogP contribution in [0.25, 0.3) is 0 Å². The summed E-state index contributed by atoms with van der Waals surface area (Å²) in [6, 6.07) is 0. The molecule has 1 aromatic rings. The molecular formula is C12H24N4O2S. The van der Waals surface area contributed by atoms with E-state index in [9.17, 15) is 8.42 Å². The minimum Gasteiger partial charge on any atom is -0.311 e. The van der Waals surface area contributed by atoms with E-state index in [0.717, 1.165) is 19.4 Å². The first-order valence-electron chi connectivity index (χ1n) is 6.66. The zero-order valence-electron chi connectivity index (χ0n) is 12.2. The third kappa shape index (κ3) is 3.77. The average molecular weight is 288 g/mol. The van der Waals surface area contributed by atoms with Crippen molar-refractivity contribution in [3.63, 3.8) is 0 Å². The summed E-state index contributed by atoms with van der Waals surface area (Å²) in [5, 5.41) is 10.1. The Morgan fingerprint density at radius 2 is 2.00 bits per heavy atom. The molecule has 19 heavy (non-hydrogen) atoms. The lowest BCUT2D eigenvalue weighted by molar-refractivity contribution is 0.467. The van der Waals surface area contributed by atoms with Crippen LogP contribution in [0.1, 0.15) is 38.1 Å². The van der Waals surface area contributed by atoms with Gasteiger partial charge < -0.3 is 5.32 Å². The monoisotopic (exact) mass is 288 g/mol. The van der Waals surface area contributed by atoms with E-state index in [1.165, 1.54) is 4.31 Å². The first-order valence-corrected chi connectivity index (χ1v) is 8.10. The molecule has 0 saturated heterocycles. The number of H-pyrrole nitrogens is 1. The maximum absolute atomic E-state index is 12.5. The van der Waals surface area contributed by atoms with Gasteiger partial charge in [-0.2, -0.15) is 5.10 Å². The van der Waals surface area contributed by atoms with Gasteiger partial charge in [0.25, 0.3) is 0 Å². The highest BCUT2D eigenvalue weighted by atomic mass is 32.2. The zero-order chi connectivity index (χ0) is 14.5. The van der Waals surface area contributed by atoms with E-state index in [1.54, 1.807) is 14.0 Å². The molecule has 0 aliphatic carbocycles. The molecule has 0 spiro atoms. The summed E-state index contributed by atoms with van der Waals surface area (Å²) in [4.78, 5) is 0.312. The average Bonchev–Trinajstić information content (AvgIpc) is 2.72. The van der Waals surface area contributed by atoms with Crippen LogP contribution in [0.15, 0.2) is 4.90 Å². The summed E-state index contributed by atoms with van der Waals surface area (Å²) in [7, 11) is -1.85. The Kier molecular flexibility index (Phi) is 5.96. The molecule has 0 fully saturated rings. The molecule has 1 heterocycles. The number of aromatic nitrogens is 2. The fraction of sp³-hybridized carbons (Fsp3) is 0.750. The Hall–Kier alpha value is -0.920. The number of aromatic amines is 1. The van der Waals surface area contributed by atoms with Crippen LogP contribution >= 0.6 is 0 Å². The topological polar surface area (TPSA) is 78.1 Å². The van der Waals surface area contributed by atoms with Gasteiger partial charge in [-0.15, -0.1) is 0 Å². The maximum Gasteiger partial charge on any atom is 0.246 e. The van der Waals surface area contributed by atoms with Crippen LogP contribution in [0.2, 0.25) is 0 Å². The van der Waals surface area contributed by atoms with Crippen LogP contribution in [0, 0.1) is 6.92 Å². The lowest BCUT2D eigenvalue weighted by Crippen LogP contribution is -2.29. The summed E-state index contributed by atoms with van der Waals surface area (Å²) in [6.07, 6.45) is 1.79. The predicted octanol–water partition coefficient (Wildman–Crippen LogP) is 1.25. The van der Waals surface area contributed by atoms with Gasteiger partial charge >= 0.3 is 0 Å². The molecular weight excluding hydrogens is 264 g/mol. The molecule has 7 heteroatoms. The van der Waals surface area contributed by atoms with Gasteiger partial charge in [-0.05, 0) is 26.3 Å². The van der Waals surface area contributed by atoms with Gasteiger partial charge in [0.2, 0.25) is 10.0 Å². The summed E-state index contributed by atoms with van der Waals surface area (Å²) in [5.41, 5.74) is 1.16. The van der Waals surface area contributed by atoms with Crippen molar-refractivity contribution in [2.45, 2.75) is 45.1 Å². The Morgan fingerprint density at radius 1 is 1.32 bits per heavy atom. The van der Waals surface area contributed by atoms with Gasteiger partial charge in [0.05, 0.1) is 11.4 Å². The molecule has 1 rings (SSSR count). The molecule has 6 nitrogen and oxygen atoms in total. The highest BCUT2D eigenvalue weighted by Crippen LogP contribution is 2.21. The van der Waals surface area contributed by atoms with Crippen LogP contribution in [0.5, 0.6) is 0 Å². The first-order chi connectivity index (χ1) is 8.95. The number of hydrogen-bond acceptors (Lipinski definition) is 4. The molecule has 1 aromatic heterocycles. The summed E-state index contributed by atoms with van der Waals surface area (Å²) >= 11 is 0. The van der Waals surface area contributed by atoms with Crippen LogP contribution in [0.3, 0.4) is 0 Å². The molecule has 0 amide bonds. The molecule has 0 aliphatic heterocycles. The van der Waals surface area contributed by atoms with E-state index in [4.69, 9.17) is 0 Å². The second-order valence-electron chi connectivity index (χ2n) is 4.63. The van der Waals surface area contributed by atoms with Crippen molar-refractivity contribution in [3.05, 3.63) is 11.4 Å². The molecule has 2 N–H and O–H groups in total. The highest BCUT2D eigenvalue weighted by Gasteiger charge is 2.27. The Balaban J connectivity index is 3.01. The number of nitrogens with one attached hydrogen (secondary N) is 2. The minimum atomic E-state index is -3.46. The number of sulfonamides is 1. The highest BCUT2D eigenvalue weighted by molar-refractivity contribution is 7.89. The zero-order valence-corrected chi connectivity index (χ0v) is 13.0. The van der Waals surface area contributed by atoms with Crippen molar-refractivity contribution in [1.82, 2.24) is 19.8 Å². The number of hydrogen-bond donors (Lipinski definition) is 2. The van der Waals surface area contributed by atoms with Crippen LogP contribution in [-0.4, -0.2) is 43.1 Å². The van der Waals surface area contributed by atoms with Crippen molar-refractivity contribution >= 4 is 10.0 Å². The van der Waals surface area contributed by atoms with Gasteiger partial charge in [0.15, 0.2) is 0 Å². The Labute approximate surface area is 115 Å². The second-order valence-corrected chi connectivity index (χ2v) is 6.61. The van der Waals surface area contributed by atoms with E-state index >= 15 is 0 Å². The SMILES string of the molecule is CCCNCc1n[nH]c(C)c1S(=O)(=O)N(C)CCC. The van der Waals surface area contributed by atoms with Crippen LogP contribution < -0.4 is 5.32 Å². The van der Waals surface area contributed by atoms with Crippen molar-refractivity contribution in [2.75, 3.05) is 20.1 Å². The fourth-order valence-electron chi connectivity index (χ4n) is 1.91. The largest absolute Gasteiger partial charge is 0.311 e. The number of nitrogens with zero attached hydrogens (tertiary/aromatic N) is 2. The van der Waals surface area contributed by atoms with Crippen LogP contribution in [-0.2, 0) is 16.6 Å². The second kappa shape index (κ2) is 7.02. The van der Waals surface area contributed by atoms with Gasteiger partial charge in [0.1, 0.15) is 4.90 Å². The number of rotatable bonds is 8. The third-order valence-corrected chi connectivity index (χ3v) is 4.95. The molecule has 110 valence electrons. The van der Waals surface area contributed by atoms with E-state index in [-0.39, 0.29) is 0 Å². The summed E-state index contributed by atoms with van der Waals surface area (Å²) < 4.78 is 26.4. The standard InChI is InChI=1S/C12H24N4O2S/c1-5-7-13-9-11-12(10(3)14-15-11)19(17,18)16(4)8-6-2/h13H,5-9H2,1-4H3,(H,14,15). The predicted molar refractivity (Wildman–Crippen MR) is 75.4 cm³/mol. The fourth-order valence-corrected chi connectivity index (χ4v) is 3.49.